The minimum Gasteiger partial charge on any atom is -0.469 e. The van der Waals surface area contributed by atoms with Crippen molar-refractivity contribution in [2.45, 2.75) is 44.6 Å². The fraction of sp³-hybridized carbons (Fsp3) is 0.417. The molecule has 0 radical (unpaired) electrons. The van der Waals surface area contributed by atoms with E-state index in [1.54, 1.807) is 6.92 Å². The number of methoxy groups -OCH3 is 1. The number of Topliss-reactive ketones (excluding diaryl/α,β-unsaturated/α-hetero) is 1. The molecule has 4 atom stereocenters. The van der Waals surface area contributed by atoms with Crippen LogP contribution in [0.2, 0.25) is 0 Å². The zero-order chi connectivity index (χ0) is 20.6. The van der Waals surface area contributed by atoms with Crippen LogP contribution in [0.1, 0.15) is 49.0 Å². The molecular formula is C24H25NO4. The number of aromatic nitrogens is 1. The molecule has 1 aromatic heterocycles. The Balaban J connectivity index is 1.77. The number of hydrogen-bond acceptors (Lipinski definition) is 4. The highest BCUT2D eigenvalue weighted by molar-refractivity contribution is 6.11. The second kappa shape index (κ2) is 5.92. The minimum atomic E-state index is -1.11. The van der Waals surface area contributed by atoms with Gasteiger partial charge in [0.1, 0.15) is 0 Å². The number of aromatic amines is 1. The van der Waals surface area contributed by atoms with E-state index in [4.69, 9.17) is 4.74 Å². The second-order valence-corrected chi connectivity index (χ2v) is 9.04. The van der Waals surface area contributed by atoms with Gasteiger partial charge in [-0.1, -0.05) is 25.1 Å². The molecule has 2 aliphatic carbocycles. The SMILES string of the molecule is COC(=O)[C@]1(C)[C@@H](O)CC[C@]2(C)c3cc4c(cc3C(=O)C[C@@H]12)[nH]c1ccccc14. The van der Waals surface area contributed by atoms with Crippen LogP contribution in [0.5, 0.6) is 0 Å². The Bertz CT molecular complexity index is 1180. The Labute approximate surface area is 169 Å². The average molecular weight is 391 g/mol. The number of fused-ring (bicyclic) bond motifs is 6. The summed E-state index contributed by atoms with van der Waals surface area (Å²) in [5, 5.41) is 13.0. The number of carbonyl (C=O) groups excluding carboxylic acids is 2. The van der Waals surface area contributed by atoms with Gasteiger partial charge in [0.05, 0.1) is 18.6 Å². The molecule has 0 bridgehead atoms. The van der Waals surface area contributed by atoms with Crippen molar-refractivity contribution < 1.29 is 19.4 Å². The van der Waals surface area contributed by atoms with Crippen LogP contribution < -0.4 is 0 Å². The van der Waals surface area contributed by atoms with Gasteiger partial charge in [-0.15, -0.1) is 0 Å². The zero-order valence-electron chi connectivity index (χ0n) is 16.9. The summed E-state index contributed by atoms with van der Waals surface area (Å²) in [7, 11) is 1.35. The number of aliphatic hydroxyl groups excluding tert-OH is 1. The van der Waals surface area contributed by atoms with E-state index in [1.807, 2.05) is 24.3 Å². The molecule has 1 fully saturated rings. The van der Waals surface area contributed by atoms with Gasteiger partial charge in [-0.3, -0.25) is 9.59 Å². The predicted octanol–water partition coefficient (Wildman–Crippen LogP) is 4.12. The first-order valence-electron chi connectivity index (χ1n) is 10.2. The summed E-state index contributed by atoms with van der Waals surface area (Å²) in [6, 6.07) is 12.2. The smallest absolute Gasteiger partial charge is 0.314 e. The lowest BCUT2D eigenvalue weighted by Gasteiger charge is -2.55. The molecule has 1 heterocycles. The van der Waals surface area contributed by atoms with E-state index in [9.17, 15) is 14.7 Å². The molecule has 0 amide bonds. The summed E-state index contributed by atoms with van der Waals surface area (Å²) in [6.07, 6.45) is 0.634. The van der Waals surface area contributed by atoms with Crippen LogP contribution in [-0.2, 0) is 14.9 Å². The molecule has 5 rings (SSSR count). The summed E-state index contributed by atoms with van der Waals surface area (Å²) in [5.41, 5.74) is 2.20. The van der Waals surface area contributed by atoms with Crippen LogP contribution in [0.25, 0.3) is 21.8 Å². The quantitative estimate of drug-likeness (QED) is 0.612. The number of ketones is 1. The Morgan fingerprint density at radius 1 is 1.17 bits per heavy atom. The fourth-order valence-electron chi connectivity index (χ4n) is 5.96. The van der Waals surface area contributed by atoms with Crippen LogP contribution in [-0.4, -0.2) is 35.1 Å². The van der Waals surface area contributed by atoms with Gasteiger partial charge in [-0.2, -0.15) is 0 Å². The minimum absolute atomic E-state index is 0.0206. The Hall–Kier alpha value is -2.66. The number of nitrogens with one attached hydrogen (secondary N) is 1. The lowest BCUT2D eigenvalue weighted by molar-refractivity contribution is -0.174. The number of para-hydroxylation sites is 1. The third kappa shape index (κ3) is 2.25. The van der Waals surface area contributed by atoms with E-state index >= 15 is 0 Å². The number of rotatable bonds is 1. The van der Waals surface area contributed by atoms with Crippen LogP contribution >= 0.6 is 0 Å². The summed E-state index contributed by atoms with van der Waals surface area (Å²) in [6.45, 7) is 3.89. The largest absolute Gasteiger partial charge is 0.469 e. The highest BCUT2D eigenvalue weighted by Gasteiger charge is 2.61. The van der Waals surface area contributed by atoms with Gasteiger partial charge in [-0.25, -0.2) is 0 Å². The standard InChI is InChI=1S/C24H25NO4/c1-23-9-8-21(27)24(2,22(28)29-3)20(23)12-19(26)15-11-18-14(10-16(15)23)13-6-4-5-7-17(13)25-18/h4-7,10-11,20-21,25,27H,8-9,12H2,1-3H3/t20-,21+,23-,24+/m1/s1. The Morgan fingerprint density at radius 3 is 2.69 bits per heavy atom. The van der Waals surface area contributed by atoms with Crippen molar-refractivity contribution in [2.24, 2.45) is 11.3 Å². The van der Waals surface area contributed by atoms with Crippen molar-refractivity contribution in [1.29, 1.82) is 0 Å². The lowest BCUT2D eigenvalue weighted by atomic mass is 9.48. The third-order valence-electron chi connectivity index (χ3n) is 7.70. The molecule has 5 nitrogen and oxygen atoms in total. The molecule has 0 saturated heterocycles. The molecule has 3 aromatic rings. The summed E-state index contributed by atoms with van der Waals surface area (Å²) < 4.78 is 5.08. The monoisotopic (exact) mass is 391 g/mol. The van der Waals surface area contributed by atoms with E-state index in [1.165, 1.54) is 7.11 Å². The molecule has 5 heteroatoms. The average Bonchev–Trinajstić information content (AvgIpc) is 3.09. The van der Waals surface area contributed by atoms with E-state index in [0.29, 0.717) is 6.42 Å². The van der Waals surface area contributed by atoms with Crippen molar-refractivity contribution >= 4 is 33.6 Å². The van der Waals surface area contributed by atoms with E-state index in [-0.39, 0.29) is 18.1 Å². The molecule has 29 heavy (non-hydrogen) atoms. The van der Waals surface area contributed by atoms with E-state index < -0.39 is 22.9 Å². The molecule has 0 aliphatic heterocycles. The number of carbonyl (C=O) groups is 2. The maximum absolute atomic E-state index is 13.2. The number of benzene rings is 2. The Kier molecular flexibility index (Phi) is 3.75. The van der Waals surface area contributed by atoms with Gasteiger partial charge in [0, 0.05) is 33.8 Å². The van der Waals surface area contributed by atoms with Gasteiger partial charge >= 0.3 is 5.97 Å². The fourth-order valence-corrected chi connectivity index (χ4v) is 5.96. The maximum Gasteiger partial charge on any atom is 0.314 e. The molecule has 0 spiro atoms. The van der Waals surface area contributed by atoms with Crippen LogP contribution in [0.15, 0.2) is 36.4 Å². The number of hydrogen-bond donors (Lipinski definition) is 2. The van der Waals surface area contributed by atoms with E-state index in [0.717, 1.165) is 39.4 Å². The van der Waals surface area contributed by atoms with Gasteiger partial charge in [0.2, 0.25) is 0 Å². The molecular weight excluding hydrogens is 366 g/mol. The first-order valence-corrected chi connectivity index (χ1v) is 10.2. The van der Waals surface area contributed by atoms with Crippen LogP contribution in [0.3, 0.4) is 0 Å². The van der Waals surface area contributed by atoms with Crippen molar-refractivity contribution in [3.8, 4) is 0 Å². The van der Waals surface area contributed by atoms with Crippen molar-refractivity contribution in [1.82, 2.24) is 4.98 Å². The highest BCUT2D eigenvalue weighted by atomic mass is 16.5. The zero-order valence-corrected chi connectivity index (χ0v) is 16.9. The first-order chi connectivity index (χ1) is 13.8. The topological polar surface area (TPSA) is 79.4 Å². The first kappa shape index (κ1) is 18.4. The second-order valence-electron chi connectivity index (χ2n) is 9.04. The van der Waals surface area contributed by atoms with Gasteiger partial charge in [0.15, 0.2) is 5.78 Å². The third-order valence-corrected chi connectivity index (χ3v) is 7.70. The van der Waals surface area contributed by atoms with Crippen molar-refractivity contribution in [2.75, 3.05) is 7.11 Å². The Morgan fingerprint density at radius 2 is 1.93 bits per heavy atom. The summed E-state index contributed by atoms with van der Waals surface area (Å²) in [5.74, 6) is -0.730. The van der Waals surface area contributed by atoms with Gasteiger partial charge in [0.25, 0.3) is 0 Å². The number of ether oxygens (including phenoxy) is 1. The number of esters is 1. The maximum atomic E-state index is 13.2. The lowest BCUT2D eigenvalue weighted by Crippen LogP contribution is -2.59. The van der Waals surface area contributed by atoms with Crippen LogP contribution in [0, 0.1) is 11.3 Å². The molecule has 2 N–H and O–H groups in total. The molecule has 1 saturated carbocycles. The molecule has 0 unspecified atom stereocenters. The molecule has 2 aromatic carbocycles. The molecule has 2 aliphatic rings. The van der Waals surface area contributed by atoms with Gasteiger partial charge < -0.3 is 14.8 Å². The predicted molar refractivity (Wildman–Crippen MR) is 111 cm³/mol. The van der Waals surface area contributed by atoms with E-state index in [2.05, 4.69) is 24.0 Å². The normalized spacial score (nSPS) is 31.5. The summed E-state index contributed by atoms with van der Waals surface area (Å²) in [4.78, 5) is 29.4. The summed E-state index contributed by atoms with van der Waals surface area (Å²) >= 11 is 0. The van der Waals surface area contributed by atoms with Crippen LogP contribution in [0.4, 0.5) is 0 Å². The molecule has 150 valence electrons. The number of H-pyrrole nitrogens is 1. The number of aliphatic hydroxyl groups is 1. The van der Waals surface area contributed by atoms with Crippen molar-refractivity contribution in [3.05, 3.63) is 47.5 Å². The van der Waals surface area contributed by atoms with Crippen molar-refractivity contribution in [3.63, 3.8) is 0 Å². The van der Waals surface area contributed by atoms with Gasteiger partial charge in [-0.05, 0) is 54.9 Å². The highest BCUT2D eigenvalue weighted by Crippen LogP contribution is 2.58.